The molecule has 7 heteroatoms. The van der Waals surface area contributed by atoms with Crippen molar-refractivity contribution in [2.45, 2.75) is 32.7 Å². The van der Waals surface area contributed by atoms with Crippen LogP contribution in [0.5, 0.6) is 11.5 Å². The zero-order chi connectivity index (χ0) is 21.4. The summed E-state index contributed by atoms with van der Waals surface area (Å²) >= 11 is 1.67. The topological polar surface area (TPSA) is 63.7 Å². The molecule has 0 bridgehead atoms. The third kappa shape index (κ3) is 4.19. The summed E-state index contributed by atoms with van der Waals surface area (Å²) in [5.41, 5.74) is 2.59. The third-order valence-corrected chi connectivity index (χ3v) is 7.19. The fraction of sp³-hybridized carbons (Fsp3) is 0.417. The number of carbonyl (C=O) groups excluding carboxylic acids is 1. The number of carbonyl (C=O) groups is 1. The Labute approximate surface area is 186 Å². The number of anilines is 1. The standard InChI is InChI=1S/C24H27N3O3S/c1-15-7-9-27(10-8-15)24-26-19-5-3-18(14-22(19)31-24)23(28)25-16(2)17-4-6-20-21(13-17)30-12-11-29-20/h3-6,13-16H,7-12H2,1-2H3,(H,25,28)/t16-/m1/s1. The van der Waals surface area contributed by atoms with Crippen molar-refractivity contribution in [1.82, 2.24) is 10.3 Å². The number of nitrogens with zero attached hydrogens (tertiary/aromatic N) is 2. The molecular formula is C24H27N3O3S. The molecule has 1 atom stereocenters. The lowest BCUT2D eigenvalue weighted by molar-refractivity contribution is 0.0940. The van der Waals surface area contributed by atoms with Gasteiger partial charge < -0.3 is 19.7 Å². The molecule has 6 nitrogen and oxygen atoms in total. The van der Waals surface area contributed by atoms with E-state index in [1.165, 1.54) is 12.8 Å². The summed E-state index contributed by atoms with van der Waals surface area (Å²) in [6, 6.07) is 11.4. The van der Waals surface area contributed by atoms with Crippen LogP contribution in [0.25, 0.3) is 10.2 Å². The number of ether oxygens (including phenoxy) is 2. The van der Waals surface area contributed by atoms with Crippen molar-refractivity contribution in [2.24, 2.45) is 5.92 Å². The first-order valence-corrected chi connectivity index (χ1v) is 11.7. The second-order valence-electron chi connectivity index (χ2n) is 8.45. The first-order chi connectivity index (χ1) is 15.1. The molecule has 3 heterocycles. The molecule has 31 heavy (non-hydrogen) atoms. The Balaban J connectivity index is 1.30. The number of hydrogen-bond donors (Lipinski definition) is 1. The highest BCUT2D eigenvalue weighted by atomic mass is 32.1. The van der Waals surface area contributed by atoms with Crippen LogP contribution in [0.3, 0.4) is 0 Å². The molecule has 1 aromatic heterocycles. The number of amides is 1. The summed E-state index contributed by atoms with van der Waals surface area (Å²) in [6.45, 7) is 7.51. The molecule has 0 saturated carbocycles. The number of thiazole rings is 1. The fourth-order valence-electron chi connectivity index (χ4n) is 4.08. The predicted octanol–water partition coefficient (Wildman–Crippen LogP) is 4.79. The van der Waals surface area contributed by atoms with E-state index < -0.39 is 0 Å². The van der Waals surface area contributed by atoms with Crippen molar-refractivity contribution in [2.75, 3.05) is 31.2 Å². The Bertz CT molecular complexity index is 1100. The summed E-state index contributed by atoms with van der Waals surface area (Å²) in [4.78, 5) is 20.1. The second kappa shape index (κ2) is 8.38. The molecule has 2 aliphatic rings. The number of hydrogen-bond acceptors (Lipinski definition) is 6. The van der Waals surface area contributed by atoms with Crippen LogP contribution < -0.4 is 19.7 Å². The number of rotatable bonds is 4. The molecule has 0 spiro atoms. The van der Waals surface area contributed by atoms with E-state index in [1.807, 2.05) is 43.3 Å². The van der Waals surface area contributed by atoms with Crippen LogP contribution in [0.2, 0.25) is 0 Å². The molecule has 3 aromatic rings. The van der Waals surface area contributed by atoms with Gasteiger partial charge in [-0.15, -0.1) is 0 Å². The molecule has 162 valence electrons. The van der Waals surface area contributed by atoms with Gasteiger partial charge in [-0.25, -0.2) is 4.98 Å². The maximum Gasteiger partial charge on any atom is 0.251 e. The van der Waals surface area contributed by atoms with E-state index in [9.17, 15) is 4.79 Å². The van der Waals surface area contributed by atoms with E-state index in [0.717, 1.165) is 51.4 Å². The van der Waals surface area contributed by atoms with Gasteiger partial charge in [-0.3, -0.25) is 4.79 Å². The van der Waals surface area contributed by atoms with Crippen LogP contribution in [-0.2, 0) is 0 Å². The molecule has 0 aliphatic carbocycles. The van der Waals surface area contributed by atoms with Gasteiger partial charge in [-0.05, 0) is 61.6 Å². The van der Waals surface area contributed by atoms with Crippen LogP contribution in [-0.4, -0.2) is 37.2 Å². The van der Waals surface area contributed by atoms with Gasteiger partial charge in [0.1, 0.15) is 13.2 Å². The van der Waals surface area contributed by atoms with E-state index >= 15 is 0 Å². The van der Waals surface area contributed by atoms with Gasteiger partial charge in [-0.2, -0.15) is 0 Å². The van der Waals surface area contributed by atoms with E-state index in [-0.39, 0.29) is 11.9 Å². The summed E-state index contributed by atoms with van der Waals surface area (Å²) < 4.78 is 12.3. The highest BCUT2D eigenvalue weighted by Gasteiger charge is 2.20. The molecule has 1 fully saturated rings. The Morgan fingerprint density at radius 3 is 2.71 bits per heavy atom. The normalized spacial score (nSPS) is 17.5. The zero-order valence-electron chi connectivity index (χ0n) is 17.9. The highest BCUT2D eigenvalue weighted by molar-refractivity contribution is 7.22. The van der Waals surface area contributed by atoms with Crippen LogP contribution in [0.15, 0.2) is 36.4 Å². The third-order valence-electron chi connectivity index (χ3n) is 6.11. The SMILES string of the molecule is CC1CCN(c2nc3ccc(C(=O)N[C@H](C)c4ccc5c(c4)OCCO5)cc3s2)CC1. The van der Waals surface area contributed by atoms with Crippen molar-refractivity contribution in [3.63, 3.8) is 0 Å². The Morgan fingerprint density at radius 2 is 1.90 bits per heavy atom. The van der Waals surface area contributed by atoms with Gasteiger partial charge in [0.15, 0.2) is 16.6 Å². The van der Waals surface area contributed by atoms with Crippen molar-refractivity contribution in [3.05, 3.63) is 47.5 Å². The predicted molar refractivity (Wildman–Crippen MR) is 124 cm³/mol. The number of aromatic nitrogens is 1. The van der Waals surface area contributed by atoms with Crippen LogP contribution in [0, 0.1) is 5.92 Å². The molecule has 1 amide bonds. The lowest BCUT2D eigenvalue weighted by atomic mass is 10.00. The molecule has 0 unspecified atom stereocenters. The van der Waals surface area contributed by atoms with Gasteiger partial charge >= 0.3 is 0 Å². The van der Waals surface area contributed by atoms with E-state index in [2.05, 4.69) is 17.1 Å². The van der Waals surface area contributed by atoms with Crippen LogP contribution in [0.1, 0.15) is 48.7 Å². The van der Waals surface area contributed by atoms with E-state index in [1.54, 1.807) is 11.3 Å². The van der Waals surface area contributed by atoms with Crippen molar-refractivity contribution in [1.29, 1.82) is 0 Å². The van der Waals surface area contributed by atoms with Gasteiger partial charge in [0, 0.05) is 18.7 Å². The minimum Gasteiger partial charge on any atom is -0.486 e. The van der Waals surface area contributed by atoms with Crippen molar-refractivity contribution >= 4 is 32.6 Å². The summed E-state index contributed by atoms with van der Waals surface area (Å²) in [5.74, 6) is 2.18. The van der Waals surface area contributed by atoms with Gasteiger partial charge in [-0.1, -0.05) is 24.3 Å². The van der Waals surface area contributed by atoms with Crippen LogP contribution >= 0.6 is 11.3 Å². The molecular weight excluding hydrogens is 410 g/mol. The average molecular weight is 438 g/mol. The minimum absolute atomic E-state index is 0.0916. The van der Waals surface area contributed by atoms with Gasteiger partial charge in [0.05, 0.1) is 16.3 Å². The van der Waals surface area contributed by atoms with Gasteiger partial charge in [0.2, 0.25) is 0 Å². The highest BCUT2D eigenvalue weighted by Crippen LogP contribution is 2.34. The Hall–Kier alpha value is -2.80. The van der Waals surface area contributed by atoms with E-state index in [0.29, 0.717) is 18.8 Å². The number of benzene rings is 2. The van der Waals surface area contributed by atoms with Crippen molar-refractivity contribution < 1.29 is 14.3 Å². The fourth-order valence-corrected chi connectivity index (χ4v) is 5.14. The number of piperidine rings is 1. The molecule has 0 radical (unpaired) electrons. The maximum absolute atomic E-state index is 12.9. The lowest BCUT2D eigenvalue weighted by Crippen LogP contribution is -2.32. The summed E-state index contributed by atoms with van der Waals surface area (Å²) in [6.07, 6.45) is 2.42. The quantitative estimate of drug-likeness (QED) is 0.636. The monoisotopic (exact) mass is 437 g/mol. The summed E-state index contributed by atoms with van der Waals surface area (Å²) in [7, 11) is 0. The lowest BCUT2D eigenvalue weighted by Gasteiger charge is -2.29. The first kappa shape index (κ1) is 20.1. The van der Waals surface area contributed by atoms with E-state index in [4.69, 9.17) is 14.5 Å². The maximum atomic E-state index is 12.9. The number of nitrogens with one attached hydrogen (secondary N) is 1. The van der Waals surface area contributed by atoms with Gasteiger partial charge in [0.25, 0.3) is 5.91 Å². The second-order valence-corrected chi connectivity index (χ2v) is 9.46. The molecule has 2 aromatic carbocycles. The number of fused-ring (bicyclic) bond motifs is 2. The zero-order valence-corrected chi connectivity index (χ0v) is 18.7. The largest absolute Gasteiger partial charge is 0.486 e. The molecule has 1 saturated heterocycles. The minimum atomic E-state index is -0.147. The summed E-state index contributed by atoms with van der Waals surface area (Å²) in [5, 5.41) is 4.16. The molecule has 1 N–H and O–H groups in total. The smallest absolute Gasteiger partial charge is 0.251 e. The first-order valence-electron chi connectivity index (χ1n) is 10.9. The molecule has 5 rings (SSSR count). The Morgan fingerprint density at radius 1 is 1.13 bits per heavy atom. The van der Waals surface area contributed by atoms with Crippen molar-refractivity contribution in [3.8, 4) is 11.5 Å². The molecule has 2 aliphatic heterocycles. The van der Waals surface area contributed by atoms with Crippen LogP contribution in [0.4, 0.5) is 5.13 Å². The average Bonchev–Trinajstić information content (AvgIpc) is 3.22. The Kier molecular flexibility index (Phi) is 5.44.